The van der Waals surface area contributed by atoms with Gasteiger partial charge in [-0.25, -0.2) is 8.78 Å². The number of hydrogen-bond acceptors (Lipinski definition) is 3. The van der Waals surface area contributed by atoms with E-state index in [0.717, 1.165) is 45.6 Å². The third-order valence-electron chi connectivity index (χ3n) is 3.91. The van der Waals surface area contributed by atoms with Crippen molar-refractivity contribution in [3.05, 3.63) is 0 Å². The summed E-state index contributed by atoms with van der Waals surface area (Å²) in [6.07, 6.45) is 3.54. The van der Waals surface area contributed by atoms with Crippen LogP contribution in [0.5, 0.6) is 0 Å². The van der Waals surface area contributed by atoms with Crippen LogP contribution in [0.3, 0.4) is 0 Å². The maximum atomic E-state index is 12.2. The van der Waals surface area contributed by atoms with Crippen LogP contribution in [0.2, 0.25) is 0 Å². The molecule has 0 unspecified atom stereocenters. The zero-order valence-electron chi connectivity index (χ0n) is 11.0. The van der Waals surface area contributed by atoms with E-state index in [9.17, 15) is 8.78 Å². The van der Waals surface area contributed by atoms with Crippen molar-refractivity contribution in [1.29, 1.82) is 0 Å². The number of hydroxylamine groups is 2. The molecule has 3 nitrogen and oxygen atoms in total. The van der Waals surface area contributed by atoms with Crippen LogP contribution >= 0.6 is 0 Å². The zero-order valence-corrected chi connectivity index (χ0v) is 11.0. The highest BCUT2D eigenvalue weighted by Gasteiger charge is 2.22. The molecule has 0 N–H and O–H groups in total. The van der Waals surface area contributed by atoms with E-state index in [1.54, 1.807) is 0 Å². The van der Waals surface area contributed by atoms with Crippen LogP contribution in [0.25, 0.3) is 0 Å². The summed E-state index contributed by atoms with van der Waals surface area (Å²) in [5.74, 6) is 0.542. The first-order valence-corrected chi connectivity index (χ1v) is 7.12. The van der Waals surface area contributed by atoms with Gasteiger partial charge in [0.1, 0.15) is 0 Å². The SMILES string of the molecule is FC(F)CN1CCC(CON2CCCCC2)CC1. The lowest BCUT2D eigenvalue weighted by Crippen LogP contribution is -2.39. The topological polar surface area (TPSA) is 15.7 Å². The Kier molecular flexibility index (Phi) is 5.79. The Bertz CT molecular complexity index is 227. The van der Waals surface area contributed by atoms with Crippen LogP contribution in [-0.2, 0) is 4.84 Å². The van der Waals surface area contributed by atoms with Crippen LogP contribution in [0.4, 0.5) is 8.78 Å². The third-order valence-corrected chi connectivity index (χ3v) is 3.91. The minimum Gasteiger partial charge on any atom is -0.299 e. The molecule has 5 heteroatoms. The van der Waals surface area contributed by atoms with Gasteiger partial charge >= 0.3 is 0 Å². The second kappa shape index (κ2) is 7.36. The normalized spacial score (nSPS) is 24.8. The molecule has 0 aromatic carbocycles. The summed E-state index contributed by atoms with van der Waals surface area (Å²) < 4.78 is 24.5. The highest BCUT2D eigenvalue weighted by Crippen LogP contribution is 2.19. The largest absolute Gasteiger partial charge is 0.299 e. The number of piperidine rings is 2. The highest BCUT2D eigenvalue weighted by atomic mass is 19.3. The Morgan fingerprint density at radius 1 is 1.00 bits per heavy atom. The van der Waals surface area contributed by atoms with Crippen LogP contribution < -0.4 is 0 Å². The van der Waals surface area contributed by atoms with Crippen LogP contribution in [0.1, 0.15) is 32.1 Å². The molecule has 0 atom stereocenters. The quantitative estimate of drug-likeness (QED) is 0.756. The average molecular weight is 262 g/mol. The molecule has 0 aliphatic carbocycles. The van der Waals surface area contributed by atoms with E-state index in [-0.39, 0.29) is 6.54 Å². The van der Waals surface area contributed by atoms with E-state index in [0.29, 0.717) is 5.92 Å². The van der Waals surface area contributed by atoms with E-state index in [1.165, 1.54) is 19.3 Å². The lowest BCUT2D eigenvalue weighted by molar-refractivity contribution is -0.181. The van der Waals surface area contributed by atoms with Crippen LogP contribution in [-0.4, -0.2) is 55.7 Å². The summed E-state index contributed by atoms with van der Waals surface area (Å²) in [7, 11) is 0. The maximum absolute atomic E-state index is 12.2. The molecule has 0 radical (unpaired) electrons. The predicted octanol–water partition coefficient (Wildman–Crippen LogP) is 2.38. The van der Waals surface area contributed by atoms with Crippen LogP contribution in [0, 0.1) is 5.92 Å². The summed E-state index contributed by atoms with van der Waals surface area (Å²) >= 11 is 0. The molecule has 106 valence electrons. The average Bonchev–Trinajstić information content (AvgIpc) is 2.38. The molecule has 2 rings (SSSR count). The maximum Gasteiger partial charge on any atom is 0.251 e. The molecular weight excluding hydrogens is 238 g/mol. The van der Waals surface area contributed by atoms with Crippen molar-refractivity contribution in [3.8, 4) is 0 Å². The molecule has 2 aliphatic rings. The Morgan fingerprint density at radius 3 is 2.28 bits per heavy atom. The zero-order chi connectivity index (χ0) is 12.8. The van der Waals surface area contributed by atoms with E-state index in [1.807, 2.05) is 4.90 Å². The standard InChI is InChI=1S/C13H24F2N2O/c14-13(15)10-16-8-4-12(5-9-16)11-18-17-6-2-1-3-7-17/h12-13H,1-11H2. The Hall–Kier alpha value is -0.260. The smallest absolute Gasteiger partial charge is 0.251 e. The van der Waals surface area contributed by atoms with Crippen molar-refractivity contribution in [3.63, 3.8) is 0 Å². The van der Waals surface area contributed by atoms with E-state index in [2.05, 4.69) is 5.06 Å². The summed E-state index contributed by atoms with van der Waals surface area (Å²) in [4.78, 5) is 7.67. The van der Waals surface area contributed by atoms with Gasteiger partial charge in [-0.3, -0.25) is 9.74 Å². The van der Waals surface area contributed by atoms with Gasteiger partial charge in [0.05, 0.1) is 13.2 Å². The fraction of sp³-hybridized carbons (Fsp3) is 1.00. The van der Waals surface area contributed by atoms with Crippen molar-refractivity contribution >= 4 is 0 Å². The van der Waals surface area contributed by atoms with Gasteiger partial charge in [-0.1, -0.05) is 6.42 Å². The lowest BCUT2D eigenvalue weighted by Gasteiger charge is -2.33. The summed E-state index contributed by atoms with van der Waals surface area (Å²) in [5.41, 5.74) is 0. The number of alkyl halides is 2. The van der Waals surface area contributed by atoms with E-state index >= 15 is 0 Å². The minimum absolute atomic E-state index is 0.0697. The number of nitrogens with zero attached hydrogens (tertiary/aromatic N) is 2. The van der Waals surface area contributed by atoms with Crippen molar-refractivity contribution < 1.29 is 13.6 Å². The number of halogens is 2. The summed E-state index contributed by atoms with van der Waals surface area (Å²) in [5, 5.41) is 2.08. The van der Waals surface area contributed by atoms with Gasteiger partial charge in [-0.05, 0) is 44.7 Å². The van der Waals surface area contributed by atoms with Crippen molar-refractivity contribution in [2.45, 2.75) is 38.5 Å². The number of likely N-dealkylation sites (tertiary alicyclic amines) is 1. The van der Waals surface area contributed by atoms with Gasteiger partial charge in [-0.2, -0.15) is 5.06 Å². The van der Waals surface area contributed by atoms with Gasteiger partial charge in [0.25, 0.3) is 6.43 Å². The van der Waals surface area contributed by atoms with Gasteiger partial charge in [0, 0.05) is 13.1 Å². The molecule has 0 spiro atoms. The molecular formula is C13H24F2N2O. The van der Waals surface area contributed by atoms with Gasteiger partial charge < -0.3 is 0 Å². The van der Waals surface area contributed by atoms with Crippen LogP contribution in [0.15, 0.2) is 0 Å². The van der Waals surface area contributed by atoms with Crippen molar-refractivity contribution in [1.82, 2.24) is 9.96 Å². The van der Waals surface area contributed by atoms with Crippen molar-refractivity contribution in [2.75, 3.05) is 39.3 Å². The fourth-order valence-corrected chi connectivity index (χ4v) is 2.74. The monoisotopic (exact) mass is 262 g/mol. The second-order valence-electron chi connectivity index (χ2n) is 5.42. The molecule has 0 aromatic heterocycles. The first-order valence-electron chi connectivity index (χ1n) is 7.12. The lowest BCUT2D eigenvalue weighted by atomic mass is 9.98. The first kappa shape index (κ1) is 14.2. The molecule has 0 aromatic rings. The van der Waals surface area contributed by atoms with E-state index in [4.69, 9.17) is 4.84 Å². The molecule has 2 saturated heterocycles. The van der Waals surface area contributed by atoms with Gasteiger partial charge in [0.15, 0.2) is 0 Å². The molecule has 18 heavy (non-hydrogen) atoms. The number of rotatable bonds is 5. The Labute approximate surface area is 108 Å². The van der Waals surface area contributed by atoms with Crippen molar-refractivity contribution in [2.24, 2.45) is 5.92 Å². The summed E-state index contributed by atoms with van der Waals surface area (Å²) in [6, 6.07) is 0. The highest BCUT2D eigenvalue weighted by molar-refractivity contribution is 4.72. The Balaban J connectivity index is 1.58. The second-order valence-corrected chi connectivity index (χ2v) is 5.42. The molecule has 0 saturated carbocycles. The molecule has 0 bridgehead atoms. The van der Waals surface area contributed by atoms with Gasteiger partial charge in [0.2, 0.25) is 0 Å². The molecule has 2 heterocycles. The third kappa shape index (κ3) is 4.78. The van der Waals surface area contributed by atoms with Gasteiger partial charge in [-0.15, -0.1) is 0 Å². The number of hydrogen-bond donors (Lipinski definition) is 0. The Morgan fingerprint density at radius 2 is 1.67 bits per heavy atom. The van der Waals surface area contributed by atoms with E-state index < -0.39 is 6.43 Å². The predicted molar refractivity (Wildman–Crippen MR) is 66.5 cm³/mol. The molecule has 2 fully saturated rings. The molecule has 2 aliphatic heterocycles. The minimum atomic E-state index is -2.20. The first-order chi connectivity index (χ1) is 8.74. The summed E-state index contributed by atoms with van der Waals surface area (Å²) in [6.45, 7) is 4.37. The molecule has 0 amide bonds. The fourth-order valence-electron chi connectivity index (χ4n) is 2.74.